The molecule has 146 valence electrons. The van der Waals surface area contributed by atoms with Crippen LogP contribution >= 0.6 is 0 Å². The summed E-state index contributed by atoms with van der Waals surface area (Å²) in [5, 5.41) is 3.76. The second kappa shape index (κ2) is 7.75. The Morgan fingerprint density at radius 1 is 0.966 bits per heavy atom. The minimum absolute atomic E-state index is 0.180. The van der Waals surface area contributed by atoms with Crippen molar-refractivity contribution in [2.24, 2.45) is 0 Å². The first-order valence-electron chi connectivity index (χ1n) is 9.15. The monoisotopic (exact) mass is 391 g/mol. The molecule has 0 fully saturated rings. The van der Waals surface area contributed by atoms with Crippen LogP contribution in [0.15, 0.2) is 72.9 Å². The van der Waals surface area contributed by atoms with Gasteiger partial charge in [-0.05, 0) is 48.0 Å². The molecule has 0 aliphatic carbocycles. The van der Waals surface area contributed by atoms with Crippen LogP contribution in [0.4, 0.5) is 14.5 Å². The van der Waals surface area contributed by atoms with E-state index in [4.69, 9.17) is 5.73 Å². The van der Waals surface area contributed by atoms with Gasteiger partial charge in [-0.25, -0.2) is 8.78 Å². The van der Waals surface area contributed by atoms with E-state index < -0.39 is 11.6 Å². The first-order chi connectivity index (χ1) is 14.0. The van der Waals surface area contributed by atoms with Crippen LogP contribution < -0.4 is 11.1 Å². The number of fused-ring (bicyclic) bond motifs is 1. The Kier molecular flexibility index (Phi) is 4.99. The van der Waals surface area contributed by atoms with E-state index in [9.17, 15) is 13.6 Å². The molecule has 0 spiro atoms. The lowest BCUT2D eigenvalue weighted by Gasteiger charge is -2.09. The summed E-state index contributed by atoms with van der Waals surface area (Å²) in [6.07, 6.45) is 1.82. The molecule has 4 aromatic rings. The van der Waals surface area contributed by atoms with Gasteiger partial charge in [-0.3, -0.25) is 4.79 Å². The van der Waals surface area contributed by atoms with Crippen LogP contribution in [-0.2, 0) is 13.1 Å². The number of anilines is 1. The number of aromatic nitrogens is 1. The standard InChI is InChI=1S/C23H19F2N3O/c24-19-5-3-18(21(25)12-19)14-28-10-9-16-11-17(4-8-22(16)28)23(29)27-13-15-1-6-20(26)7-2-15/h1-12H,13-14,26H2,(H,27,29). The average Bonchev–Trinajstić information content (AvgIpc) is 3.11. The molecule has 0 radical (unpaired) electrons. The van der Waals surface area contributed by atoms with Gasteiger partial charge in [0.25, 0.3) is 5.91 Å². The van der Waals surface area contributed by atoms with Gasteiger partial charge < -0.3 is 15.6 Å². The van der Waals surface area contributed by atoms with E-state index in [1.807, 2.05) is 35.0 Å². The van der Waals surface area contributed by atoms with Crippen LogP contribution in [0.25, 0.3) is 10.9 Å². The molecular weight excluding hydrogens is 372 g/mol. The maximum atomic E-state index is 13.9. The van der Waals surface area contributed by atoms with Gasteiger partial charge in [0.05, 0.1) is 6.54 Å². The van der Waals surface area contributed by atoms with Gasteiger partial charge in [0, 0.05) is 46.5 Å². The number of carbonyl (C=O) groups excluding carboxylic acids is 1. The number of halogens is 2. The molecule has 1 heterocycles. The quantitative estimate of drug-likeness (QED) is 0.493. The fourth-order valence-electron chi connectivity index (χ4n) is 3.23. The molecule has 0 unspecified atom stereocenters. The Balaban J connectivity index is 1.49. The van der Waals surface area contributed by atoms with Crippen molar-refractivity contribution in [3.63, 3.8) is 0 Å². The van der Waals surface area contributed by atoms with Crippen molar-refractivity contribution in [3.8, 4) is 0 Å². The summed E-state index contributed by atoms with van der Waals surface area (Å²) in [5.41, 5.74) is 9.10. The third kappa shape index (κ3) is 4.11. The van der Waals surface area contributed by atoms with E-state index in [-0.39, 0.29) is 12.5 Å². The molecule has 3 aromatic carbocycles. The summed E-state index contributed by atoms with van der Waals surface area (Å²) < 4.78 is 28.9. The molecule has 3 N–H and O–H groups in total. The molecule has 4 rings (SSSR count). The summed E-state index contributed by atoms with van der Waals surface area (Å²) in [6, 6.07) is 18.1. The predicted molar refractivity (Wildman–Crippen MR) is 109 cm³/mol. The Morgan fingerprint density at radius 3 is 2.52 bits per heavy atom. The molecule has 0 saturated heterocycles. The lowest BCUT2D eigenvalue weighted by molar-refractivity contribution is 0.0951. The Hall–Kier alpha value is -3.67. The zero-order chi connectivity index (χ0) is 20.4. The Labute approximate surface area is 166 Å². The number of nitrogens with zero attached hydrogens (tertiary/aromatic N) is 1. The fraction of sp³-hybridized carbons (Fsp3) is 0.0870. The lowest BCUT2D eigenvalue weighted by atomic mass is 10.1. The highest BCUT2D eigenvalue weighted by Gasteiger charge is 2.10. The van der Waals surface area contributed by atoms with Crippen LogP contribution in [0.1, 0.15) is 21.5 Å². The van der Waals surface area contributed by atoms with E-state index >= 15 is 0 Å². The molecule has 4 nitrogen and oxygen atoms in total. The maximum Gasteiger partial charge on any atom is 0.251 e. The number of amides is 1. The molecule has 0 aliphatic heterocycles. The summed E-state index contributed by atoms with van der Waals surface area (Å²) in [7, 11) is 0. The fourth-order valence-corrected chi connectivity index (χ4v) is 3.23. The summed E-state index contributed by atoms with van der Waals surface area (Å²) in [6.45, 7) is 0.681. The van der Waals surface area contributed by atoms with Crippen LogP contribution in [0.5, 0.6) is 0 Å². The molecule has 6 heteroatoms. The number of hydrogen-bond acceptors (Lipinski definition) is 2. The van der Waals surface area contributed by atoms with Crippen molar-refractivity contribution in [1.82, 2.24) is 9.88 Å². The van der Waals surface area contributed by atoms with Crippen LogP contribution in [0.3, 0.4) is 0 Å². The van der Waals surface area contributed by atoms with E-state index in [1.165, 1.54) is 12.1 Å². The molecule has 0 atom stereocenters. The summed E-state index contributed by atoms with van der Waals surface area (Å²) >= 11 is 0. The van der Waals surface area contributed by atoms with E-state index in [2.05, 4.69) is 5.32 Å². The molecule has 0 aliphatic rings. The maximum absolute atomic E-state index is 13.9. The lowest BCUT2D eigenvalue weighted by Crippen LogP contribution is -2.22. The Bertz CT molecular complexity index is 1180. The van der Waals surface area contributed by atoms with Gasteiger partial charge >= 0.3 is 0 Å². The molecule has 29 heavy (non-hydrogen) atoms. The number of nitrogens with two attached hydrogens (primary N) is 1. The molecule has 1 aromatic heterocycles. The number of hydrogen-bond donors (Lipinski definition) is 2. The number of rotatable bonds is 5. The van der Waals surface area contributed by atoms with Crippen molar-refractivity contribution >= 4 is 22.5 Å². The molecular formula is C23H19F2N3O. The highest BCUT2D eigenvalue weighted by atomic mass is 19.1. The predicted octanol–water partition coefficient (Wildman–Crippen LogP) is 4.48. The van der Waals surface area contributed by atoms with E-state index in [0.717, 1.165) is 22.5 Å². The largest absolute Gasteiger partial charge is 0.399 e. The van der Waals surface area contributed by atoms with Gasteiger partial charge in [0.2, 0.25) is 0 Å². The zero-order valence-corrected chi connectivity index (χ0v) is 15.5. The van der Waals surface area contributed by atoms with Gasteiger partial charge in [-0.15, -0.1) is 0 Å². The highest BCUT2D eigenvalue weighted by molar-refractivity contribution is 5.98. The minimum atomic E-state index is -0.599. The normalized spacial score (nSPS) is 11.0. The van der Waals surface area contributed by atoms with Gasteiger partial charge in [-0.2, -0.15) is 0 Å². The van der Waals surface area contributed by atoms with Crippen LogP contribution in [0, 0.1) is 11.6 Å². The van der Waals surface area contributed by atoms with E-state index in [1.54, 1.807) is 24.3 Å². The Morgan fingerprint density at radius 2 is 1.76 bits per heavy atom. The highest BCUT2D eigenvalue weighted by Crippen LogP contribution is 2.20. The SMILES string of the molecule is Nc1ccc(CNC(=O)c2ccc3c(ccn3Cc3ccc(F)cc3F)c2)cc1. The number of nitrogen functional groups attached to an aromatic ring is 1. The summed E-state index contributed by atoms with van der Waals surface area (Å²) in [5.74, 6) is -1.36. The first kappa shape index (κ1) is 18.7. The van der Waals surface area contributed by atoms with Crippen molar-refractivity contribution in [3.05, 3.63) is 101 Å². The third-order valence-corrected chi connectivity index (χ3v) is 4.82. The third-order valence-electron chi connectivity index (χ3n) is 4.82. The molecule has 1 amide bonds. The van der Waals surface area contributed by atoms with Crippen molar-refractivity contribution in [2.75, 3.05) is 5.73 Å². The van der Waals surface area contributed by atoms with E-state index in [0.29, 0.717) is 23.4 Å². The van der Waals surface area contributed by atoms with Gasteiger partial charge in [0.15, 0.2) is 0 Å². The topological polar surface area (TPSA) is 60.0 Å². The molecule has 0 bridgehead atoms. The average molecular weight is 391 g/mol. The summed E-state index contributed by atoms with van der Waals surface area (Å²) in [4.78, 5) is 12.5. The van der Waals surface area contributed by atoms with Crippen molar-refractivity contribution < 1.29 is 13.6 Å². The second-order valence-electron chi connectivity index (χ2n) is 6.88. The van der Waals surface area contributed by atoms with Crippen molar-refractivity contribution in [1.29, 1.82) is 0 Å². The van der Waals surface area contributed by atoms with Gasteiger partial charge in [-0.1, -0.05) is 18.2 Å². The number of nitrogens with one attached hydrogen (secondary N) is 1. The minimum Gasteiger partial charge on any atom is -0.399 e. The van der Waals surface area contributed by atoms with Crippen LogP contribution in [-0.4, -0.2) is 10.5 Å². The van der Waals surface area contributed by atoms with Crippen LogP contribution in [0.2, 0.25) is 0 Å². The second-order valence-corrected chi connectivity index (χ2v) is 6.88. The first-order valence-corrected chi connectivity index (χ1v) is 9.15. The molecule has 0 saturated carbocycles. The van der Waals surface area contributed by atoms with Crippen molar-refractivity contribution in [2.45, 2.75) is 13.1 Å². The zero-order valence-electron chi connectivity index (χ0n) is 15.5. The smallest absolute Gasteiger partial charge is 0.251 e. The van der Waals surface area contributed by atoms with Gasteiger partial charge in [0.1, 0.15) is 11.6 Å². The number of carbonyl (C=O) groups is 1. The number of benzene rings is 3.